The normalized spacial score (nSPS) is 10.1. The lowest BCUT2D eigenvalue weighted by Crippen LogP contribution is -2.28. The Labute approximate surface area is 147 Å². The molecule has 0 heterocycles. The van der Waals surface area contributed by atoms with Crippen LogP contribution in [0.3, 0.4) is 0 Å². The van der Waals surface area contributed by atoms with Gasteiger partial charge >= 0.3 is 6.03 Å². The third kappa shape index (κ3) is 4.85. The minimum Gasteiger partial charge on any atom is -0.356 e. The molecule has 2 amide bonds. The molecule has 4 heteroatoms. The van der Waals surface area contributed by atoms with Crippen molar-refractivity contribution in [2.75, 3.05) is 10.6 Å². The van der Waals surface area contributed by atoms with Crippen molar-refractivity contribution in [1.29, 1.82) is 0 Å². The van der Waals surface area contributed by atoms with Crippen molar-refractivity contribution in [1.82, 2.24) is 5.32 Å². The molecule has 0 unspecified atom stereocenters. The molecule has 3 N–H and O–H groups in total. The van der Waals surface area contributed by atoms with Crippen molar-refractivity contribution < 1.29 is 4.79 Å². The summed E-state index contributed by atoms with van der Waals surface area (Å²) in [5, 5.41) is 9.03. The average molecular weight is 331 g/mol. The molecule has 0 bridgehead atoms. The average Bonchev–Trinajstić information content (AvgIpc) is 2.64. The van der Waals surface area contributed by atoms with E-state index >= 15 is 0 Å². The van der Waals surface area contributed by atoms with Crippen molar-refractivity contribution >= 4 is 23.1 Å². The van der Waals surface area contributed by atoms with Gasteiger partial charge in [-0.05, 0) is 54.4 Å². The maximum atomic E-state index is 12.0. The van der Waals surface area contributed by atoms with E-state index in [2.05, 4.69) is 16.0 Å². The van der Waals surface area contributed by atoms with Crippen LogP contribution < -0.4 is 16.0 Å². The molecule has 0 saturated carbocycles. The number of benzene rings is 3. The fourth-order valence-electron chi connectivity index (χ4n) is 2.48. The van der Waals surface area contributed by atoms with E-state index in [1.54, 1.807) is 0 Å². The molecule has 0 spiro atoms. The number of carbonyl (C=O) groups excluding carboxylic acids is 1. The molecule has 0 atom stereocenters. The molecule has 0 aliphatic rings. The van der Waals surface area contributed by atoms with Crippen LogP contribution in [0.2, 0.25) is 0 Å². The maximum absolute atomic E-state index is 12.0. The van der Waals surface area contributed by atoms with Gasteiger partial charge in [-0.1, -0.05) is 42.5 Å². The van der Waals surface area contributed by atoms with Gasteiger partial charge in [0.1, 0.15) is 0 Å². The van der Waals surface area contributed by atoms with Crippen LogP contribution in [-0.4, -0.2) is 6.03 Å². The lowest BCUT2D eigenvalue weighted by molar-refractivity contribution is 0.251. The third-order valence-electron chi connectivity index (χ3n) is 3.91. The smallest absolute Gasteiger partial charge is 0.319 e. The van der Waals surface area contributed by atoms with E-state index in [9.17, 15) is 4.79 Å². The van der Waals surface area contributed by atoms with Crippen molar-refractivity contribution in [3.63, 3.8) is 0 Å². The number of rotatable bonds is 5. The maximum Gasteiger partial charge on any atom is 0.319 e. The summed E-state index contributed by atoms with van der Waals surface area (Å²) in [5.74, 6) is 0. The molecule has 0 saturated heterocycles. The monoisotopic (exact) mass is 331 g/mol. The molecule has 0 fully saturated rings. The zero-order chi connectivity index (χ0) is 17.5. The topological polar surface area (TPSA) is 53.2 Å². The van der Waals surface area contributed by atoms with Crippen LogP contribution in [0, 0.1) is 6.92 Å². The van der Waals surface area contributed by atoms with Crippen LogP contribution in [0.25, 0.3) is 0 Å². The predicted octanol–water partition coefficient (Wildman–Crippen LogP) is 5.06. The van der Waals surface area contributed by atoms with Crippen LogP contribution in [0.1, 0.15) is 11.1 Å². The number of urea groups is 1. The van der Waals surface area contributed by atoms with Gasteiger partial charge in [0.2, 0.25) is 0 Å². The van der Waals surface area contributed by atoms with Gasteiger partial charge < -0.3 is 16.0 Å². The lowest BCUT2D eigenvalue weighted by Gasteiger charge is -2.10. The fraction of sp³-hybridized carbons (Fsp3) is 0.0952. The number of carbonyl (C=O) groups is 1. The van der Waals surface area contributed by atoms with E-state index in [1.165, 1.54) is 5.56 Å². The molecule has 3 aromatic rings. The summed E-state index contributed by atoms with van der Waals surface area (Å²) in [4.78, 5) is 12.0. The van der Waals surface area contributed by atoms with Crippen LogP contribution in [0.5, 0.6) is 0 Å². The highest BCUT2D eigenvalue weighted by molar-refractivity contribution is 5.89. The molecule has 4 nitrogen and oxygen atoms in total. The quantitative estimate of drug-likeness (QED) is 0.612. The molecule has 0 aromatic heterocycles. The first kappa shape index (κ1) is 16.6. The van der Waals surface area contributed by atoms with Gasteiger partial charge in [-0.15, -0.1) is 0 Å². The summed E-state index contributed by atoms with van der Waals surface area (Å²) in [7, 11) is 0. The lowest BCUT2D eigenvalue weighted by atomic mass is 10.1. The molecule has 126 valence electrons. The van der Waals surface area contributed by atoms with Crippen LogP contribution in [0.15, 0.2) is 78.9 Å². The molecule has 0 aliphatic carbocycles. The first-order valence-corrected chi connectivity index (χ1v) is 8.22. The second-order valence-corrected chi connectivity index (χ2v) is 5.80. The summed E-state index contributed by atoms with van der Waals surface area (Å²) >= 11 is 0. The van der Waals surface area contributed by atoms with E-state index in [0.717, 1.165) is 22.6 Å². The molecule has 25 heavy (non-hydrogen) atoms. The van der Waals surface area contributed by atoms with E-state index in [4.69, 9.17) is 0 Å². The number of para-hydroxylation sites is 1. The summed E-state index contributed by atoms with van der Waals surface area (Å²) in [6.45, 7) is 2.54. The number of hydrogen-bond donors (Lipinski definition) is 3. The Morgan fingerprint density at radius 1 is 0.760 bits per heavy atom. The Bertz CT molecular complexity index is 829. The zero-order valence-electron chi connectivity index (χ0n) is 14.1. The van der Waals surface area contributed by atoms with Gasteiger partial charge in [0, 0.05) is 23.6 Å². The predicted molar refractivity (Wildman–Crippen MR) is 103 cm³/mol. The van der Waals surface area contributed by atoms with Gasteiger partial charge in [-0.3, -0.25) is 0 Å². The Kier molecular flexibility index (Phi) is 5.32. The second kappa shape index (κ2) is 8.02. The zero-order valence-corrected chi connectivity index (χ0v) is 14.1. The minimum atomic E-state index is -0.216. The molecule has 0 radical (unpaired) electrons. The summed E-state index contributed by atoms with van der Waals surface area (Å²) in [6, 6.07) is 25.4. The molecule has 3 rings (SSSR count). The Morgan fingerprint density at radius 2 is 1.36 bits per heavy atom. The largest absolute Gasteiger partial charge is 0.356 e. The molecule has 0 aliphatic heterocycles. The number of anilines is 3. The Hall–Kier alpha value is -3.27. The molecular weight excluding hydrogens is 310 g/mol. The van der Waals surface area contributed by atoms with Crippen LogP contribution in [0.4, 0.5) is 21.9 Å². The van der Waals surface area contributed by atoms with Crippen molar-refractivity contribution in [2.24, 2.45) is 0 Å². The van der Waals surface area contributed by atoms with E-state index in [0.29, 0.717) is 6.54 Å². The van der Waals surface area contributed by atoms with Crippen molar-refractivity contribution in [3.05, 3.63) is 90.0 Å². The van der Waals surface area contributed by atoms with E-state index in [-0.39, 0.29) is 6.03 Å². The summed E-state index contributed by atoms with van der Waals surface area (Å²) in [6.07, 6.45) is 0. The van der Waals surface area contributed by atoms with Gasteiger partial charge in [-0.2, -0.15) is 0 Å². The summed E-state index contributed by atoms with van der Waals surface area (Å²) < 4.78 is 0. The number of amides is 2. The van der Waals surface area contributed by atoms with Crippen molar-refractivity contribution in [3.8, 4) is 0 Å². The Balaban J connectivity index is 1.52. The highest BCUT2D eigenvalue weighted by Crippen LogP contribution is 2.18. The van der Waals surface area contributed by atoms with Gasteiger partial charge in [0.25, 0.3) is 0 Å². The number of nitrogens with one attached hydrogen (secondary N) is 3. The minimum absolute atomic E-state index is 0.216. The first-order chi connectivity index (χ1) is 12.2. The van der Waals surface area contributed by atoms with Crippen LogP contribution in [-0.2, 0) is 6.54 Å². The van der Waals surface area contributed by atoms with Crippen molar-refractivity contribution in [2.45, 2.75) is 13.5 Å². The van der Waals surface area contributed by atoms with E-state index < -0.39 is 0 Å². The molecule has 3 aromatic carbocycles. The fourth-order valence-corrected chi connectivity index (χ4v) is 2.48. The van der Waals surface area contributed by atoms with E-state index in [1.807, 2.05) is 85.8 Å². The first-order valence-electron chi connectivity index (χ1n) is 8.22. The van der Waals surface area contributed by atoms with Gasteiger partial charge in [0.15, 0.2) is 0 Å². The van der Waals surface area contributed by atoms with Gasteiger partial charge in [0.05, 0.1) is 0 Å². The SMILES string of the molecule is Cc1ccccc1CNC(=O)Nc1ccc(Nc2ccccc2)cc1. The third-order valence-corrected chi connectivity index (χ3v) is 3.91. The summed E-state index contributed by atoms with van der Waals surface area (Å²) in [5.41, 5.74) is 5.02. The number of aryl methyl sites for hydroxylation is 1. The van der Waals surface area contributed by atoms with Gasteiger partial charge in [-0.25, -0.2) is 4.79 Å². The standard InChI is InChI=1S/C21H21N3O/c1-16-7-5-6-8-17(16)15-22-21(25)24-20-13-11-19(12-14-20)23-18-9-3-2-4-10-18/h2-14,23H,15H2,1H3,(H2,22,24,25). The second-order valence-electron chi connectivity index (χ2n) is 5.80. The van der Waals surface area contributed by atoms with Crippen LogP contribution >= 0.6 is 0 Å². The molecular formula is C21H21N3O. The number of hydrogen-bond acceptors (Lipinski definition) is 2. The highest BCUT2D eigenvalue weighted by Gasteiger charge is 2.03. The highest BCUT2D eigenvalue weighted by atomic mass is 16.2. The Morgan fingerprint density at radius 3 is 2.08 bits per heavy atom.